The first kappa shape index (κ1) is 13.7. The van der Waals surface area contributed by atoms with E-state index in [1.807, 2.05) is 0 Å². The van der Waals surface area contributed by atoms with Crippen LogP contribution in [0.5, 0.6) is 0 Å². The fourth-order valence-electron chi connectivity index (χ4n) is 1.07. The Labute approximate surface area is 89.9 Å². The van der Waals surface area contributed by atoms with E-state index in [1.54, 1.807) is 0 Å². The quantitative estimate of drug-likeness (QED) is 0.559. The average molecular weight is 264 g/mol. The van der Waals surface area contributed by atoms with Gasteiger partial charge in [0, 0.05) is 13.0 Å². The third-order valence-electron chi connectivity index (χ3n) is 1.98. The van der Waals surface area contributed by atoms with Crippen molar-refractivity contribution in [3.05, 3.63) is 34.9 Å². The Kier molecular flexibility index (Phi) is 3.11. The summed E-state index contributed by atoms with van der Waals surface area (Å²) in [6.07, 6.45) is 0. The molecule has 0 fully saturated rings. The molecule has 0 aromatic heterocycles. The number of rotatable bonds is 2. The third kappa shape index (κ3) is 2.07. The average Bonchev–Trinajstić information content (AvgIpc) is 2.13. The lowest BCUT2D eigenvalue weighted by Gasteiger charge is -2.24. The zero-order valence-electron chi connectivity index (χ0n) is 8.10. The monoisotopic (exact) mass is 264 g/mol. The molecule has 0 amide bonds. The van der Waals surface area contributed by atoms with Crippen molar-refractivity contribution in [3.8, 4) is 0 Å². The maximum absolute atomic E-state index is 13.0. The summed E-state index contributed by atoms with van der Waals surface area (Å²) in [7, 11) is 0. The Morgan fingerprint density at radius 2 is 1.18 bits per heavy atom. The van der Waals surface area contributed by atoms with Crippen LogP contribution in [0.3, 0.4) is 0 Å². The second-order valence-electron chi connectivity index (χ2n) is 3.31. The molecule has 17 heavy (non-hydrogen) atoms. The lowest BCUT2D eigenvalue weighted by atomic mass is 10.0. The highest BCUT2D eigenvalue weighted by atomic mass is 19.3. The van der Waals surface area contributed by atoms with Crippen LogP contribution in [0.25, 0.3) is 0 Å². The molecule has 0 bridgehead atoms. The maximum atomic E-state index is 13.0. The van der Waals surface area contributed by atoms with E-state index in [0.717, 1.165) is 0 Å². The fraction of sp³-hybridized carbons (Fsp3) is 0.333. The minimum Gasteiger partial charge on any atom is -0.204 e. The summed E-state index contributed by atoms with van der Waals surface area (Å²) in [6, 6.07) is -0.349. The van der Waals surface area contributed by atoms with Gasteiger partial charge in [0.1, 0.15) is 5.56 Å². The molecule has 0 atom stereocenters. The van der Waals surface area contributed by atoms with Crippen molar-refractivity contribution in [1.82, 2.24) is 0 Å². The van der Waals surface area contributed by atoms with Crippen molar-refractivity contribution in [2.75, 3.05) is 0 Å². The van der Waals surface area contributed by atoms with Gasteiger partial charge < -0.3 is 0 Å². The summed E-state index contributed by atoms with van der Waals surface area (Å²) in [5, 5.41) is 0. The van der Waals surface area contributed by atoms with Crippen LogP contribution >= 0.6 is 0 Å². The molecule has 0 aliphatic carbocycles. The van der Waals surface area contributed by atoms with Crippen LogP contribution in [0.1, 0.15) is 12.5 Å². The lowest BCUT2D eigenvalue weighted by molar-refractivity contribution is -0.208. The number of hydrogen-bond acceptors (Lipinski definition) is 0. The molecule has 1 aromatic carbocycles. The molecule has 0 spiro atoms. The molecular formula is C9H4F8. The molecule has 0 heterocycles. The minimum absolute atomic E-state index is 0.325. The number of alkyl halides is 4. The predicted octanol–water partition coefficient (Wildman–Crippen LogP) is 3.99. The standard InChI is InChI=1S/C9H4F8/c1-8(14,15)9(16,17)5-6(12)3(10)2-4(11)7(5)13/h2H,1H3. The Balaban J connectivity index is 3.62. The van der Waals surface area contributed by atoms with Gasteiger partial charge in [0.05, 0.1) is 0 Å². The SMILES string of the molecule is CC(F)(F)C(F)(F)c1c(F)c(F)cc(F)c1F. The van der Waals surface area contributed by atoms with Crippen molar-refractivity contribution >= 4 is 0 Å². The molecule has 0 saturated carbocycles. The number of hydrogen-bond donors (Lipinski definition) is 0. The molecule has 0 radical (unpaired) electrons. The second kappa shape index (κ2) is 3.85. The van der Waals surface area contributed by atoms with Crippen LogP contribution in [-0.2, 0) is 5.92 Å². The van der Waals surface area contributed by atoms with E-state index in [9.17, 15) is 35.1 Å². The molecule has 0 aliphatic heterocycles. The second-order valence-corrected chi connectivity index (χ2v) is 3.31. The molecule has 96 valence electrons. The fourth-order valence-corrected chi connectivity index (χ4v) is 1.07. The first-order valence-corrected chi connectivity index (χ1v) is 4.09. The Hall–Kier alpha value is -1.34. The van der Waals surface area contributed by atoms with Gasteiger partial charge in [-0.1, -0.05) is 0 Å². The Morgan fingerprint density at radius 3 is 1.47 bits per heavy atom. The molecule has 8 heteroatoms. The van der Waals surface area contributed by atoms with Gasteiger partial charge in [0.25, 0.3) is 0 Å². The summed E-state index contributed by atoms with van der Waals surface area (Å²) in [4.78, 5) is 0. The van der Waals surface area contributed by atoms with E-state index in [-0.39, 0.29) is 13.0 Å². The normalized spacial score (nSPS) is 13.0. The largest absolute Gasteiger partial charge is 0.340 e. The zero-order valence-corrected chi connectivity index (χ0v) is 8.10. The van der Waals surface area contributed by atoms with E-state index in [4.69, 9.17) is 0 Å². The molecule has 1 aromatic rings. The van der Waals surface area contributed by atoms with Gasteiger partial charge in [0.15, 0.2) is 23.3 Å². The molecule has 0 unspecified atom stereocenters. The van der Waals surface area contributed by atoms with Crippen LogP contribution in [0, 0.1) is 23.3 Å². The number of halogens is 8. The first-order chi connectivity index (χ1) is 7.50. The van der Waals surface area contributed by atoms with E-state index < -0.39 is 40.7 Å². The maximum Gasteiger partial charge on any atom is 0.340 e. The lowest BCUT2D eigenvalue weighted by Crippen LogP contribution is -2.37. The van der Waals surface area contributed by atoms with E-state index >= 15 is 0 Å². The molecule has 0 nitrogen and oxygen atoms in total. The van der Waals surface area contributed by atoms with Crippen LogP contribution in [0.4, 0.5) is 35.1 Å². The molecule has 0 aliphatic rings. The smallest absolute Gasteiger partial charge is 0.204 e. The predicted molar refractivity (Wildman–Crippen MR) is 40.8 cm³/mol. The van der Waals surface area contributed by atoms with Crippen LogP contribution in [0.2, 0.25) is 0 Å². The van der Waals surface area contributed by atoms with Crippen molar-refractivity contribution < 1.29 is 35.1 Å². The molecule has 0 N–H and O–H groups in total. The van der Waals surface area contributed by atoms with Gasteiger partial charge >= 0.3 is 11.8 Å². The van der Waals surface area contributed by atoms with E-state index in [2.05, 4.69) is 0 Å². The van der Waals surface area contributed by atoms with Crippen molar-refractivity contribution in [2.45, 2.75) is 18.8 Å². The topological polar surface area (TPSA) is 0 Å². The van der Waals surface area contributed by atoms with Gasteiger partial charge in [-0.15, -0.1) is 0 Å². The van der Waals surface area contributed by atoms with Crippen LogP contribution in [-0.4, -0.2) is 5.92 Å². The van der Waals surface area contributed by atoms with Gasteiger partial charge in [-0.3, -0.25) is 0 Å². The summed E-state index contributed by atoms with van der Waals surface area (Å²) in [5.74, 6) is -19.7. The van der Waals surface area contributed by atoms with E-state index in [1.165, 1.54) is 0 Å². The van der Waals surface area contributed by atoms with Gasteiger partial charge in [-0.2, -0.15) is 17.6 Å². The summed E-state index contributed by atoms with van der Waals surface area (Å²) >= 11 is 0. The van der Waals surface area contributed by atoms with Crippen molar-refractivity contribution in [3.63, 3.8) is 0 Å². The van der Waals surface area contributed by atoms with Crippen LogP contribution in [0.15, 0.2) is 6.07 Å². The van der Waals surface area contributed by atoms with Gasteiger partial charge in [-0.25, -0.2) is 17.6 Å². The van der Waals surface area contributed by atoms with Crippen LogP contribution < -0.4 is 0 Å². The minimum atomic E-state index is -5.37. The highest BCUT2D eigenvalue weighted by Gasteiger charge is 2.57. The Bertz CT molecular complexity index is 419. The highest BCUT2D eigenvalue weighted by Crippen LogP contribution is 2.45. The highest BCUT2D eigenvalue weighted by molar-refractivity contribution is 5.28. The van der Waals surface area contributed by atoms with Crippen molar-refractivity contribution in [1.29, 1.82) is 0 Å². The molecular weight excluding hydrogens is 260 g/mol. The zero-order chi connectivity index (χ0) is 13.6. The van der Waals surface area contributed by atoms with Gasteiger partial charge in [-0.05, 0) is 0 Å². The summed E-state index contributed by atoms with van der Waals surface area (Å²) in [6.45, 7) is -0.325. The summed E-state index contributed by atoms with van der Waals surface area (Å²) in [5.41, 5.74) is -2.62. The van der Waals surface area contributed by atoms with E-state index in [0.29, 0.717) is 0 Å². The number of benzene rings is 1. The van der Waals surface area contributed by atoms with Crippen molar-refractivity contribution in [2.24, 2.45) is 0 Å². The van der Waals surface area contributed by atoms with Gasteiger partial charge in [0.2, 0.25) is 0 Å². The molecule has 1 rings (SSSR count). The Morgan fingerprint density at radius 1 is 0.824 bits per heavy atom. The molecule has 0 saturated heterocycles. The third-order valence-corrected chi connectivity index (χ3v) is 1.98. The first-order valence-electron chi connectivity index (χ1n) is 4.09. The summed E-state index contributed by atoms with van der Waals surface area (Å²) < 4.78 is 102.